The highest BCUT2D eigenvalue weighted by Crippen LogP contribution is 2.28. The number of nitro benzene ring substituents is 1. The zero-order valence-electron chi connectivity index (χ0n) is 9.89. The van der Waals surface area contributed by atoms with Crippen molar-refractivity contribution >= 4 is 32.5 Å². The Morgan fingerprint density at radius 1 is 1.39 bits per heavy atom. The summed E-state index contributed by atoms with van der Waals surface area (Å²) in [5, 5.41) is 19.8. The predicted octanol–water partition coefficient (Wildman–Crippen LogP) is 3.64. The molecule has 1 heterocycles. The zero-order valence-corrected chi connectivity index (χ0v) is 11.5. The van der Waals surface area contributed by atoms with E-state index in [2.05, 4.69) is 33.1 Å². The molecule has 0 saturated heterocycles. The fraction of sp³-hybridized carbons (Fsp3) is 0.333. The first-order valence-corrected chi connectivity index (χ1v) is 6.52. The van der Waals surface area contributed by atoms with Crippen LogP contribution in [0.1, 0.15) is 25.5 Å². The minimum Gasteiger partial charge on any atom is -0.258 e. The van der Waals surface area contributed by atoms with E-state index in [4.69, 9.17) is 0 Å². The summed E-state index contributed by atoms with van der Waals surface area (Å²) < 4.78 is 0.810. The fourth-order valence-electron chi connectivity index (χ4n) is 1.72. The third-order valence-electron chi connectivity index (χ3n) is 2.73. The van der Waals surface area contributed by atoms with E-state index < -0.39 is 4.92 Å². The molecule has 1 aromatic carbocycles. The lowest BCUT2D eigenvalue weighted by molar-refractivity contribution is -0.384. The van der Waals surface area contributed by atoms with Gasteiger partial charge in [0.1, 0.15) is 0 Å². The average molecular weight is 310 g/mol. The lowest BCUT2D eigenvalue weighted by atomic mass is 10.1. The number of fused-ring (bicyclic) bond motifs is 1. The molecule has 0 aliphatic rings. The Labute approximate surface area is 113 Å². The van der Waals surface area contributed by atoms with E-state index in [-0.39, 0.29) is 5.69 Å². The lowest BCUT2D eigenvalue weighted by Gasteiger charge is -2.05. The summed E-state index contributed by atoms with van der Waals surface area (Å²) in [5.74, 6) is 0. The van der Waals surface area contributed by atoms with Gasteiger partial charge in [0.15, 0.2) is 0 Å². The van der Waals surface area contributed by atoms with E-state index >= 15 is 0 Å². The molecule has 0 saturated carbocycles. The SMILES string of the molecule is CCCCc1nnc2ccc([N+](=O)[O-])cc2c1Br. The molecule has 0 spiro atoms. The second-order valence-corrected chi connectivity index (χ2v) is 4.82. The van der Waals surface area contributed by atoms with Crippen LogP contribution in [0, 0.1) is 10.1 Å². The van der Waals surface area contributed by atoms with E-state index in [1.54, 1.807) is 6.07 Å². The van der Waals surface area contributed by atoms with Crippen LogP contribution < -0.4 is 0 Å². The first kappa shape index (κ1) is 12.9. The van der Waals surface area contributed by atoms with Crippen LogP contribution in [-0.2, 0) is 6.42 Å². The molecule has 1 aromatic heterocycles. The number of aromatic nitrogens is 2. The monoisotopic (exact) mass is 309 g/mol. The van der Waals surface area contributed by atoms with Crippen molar-refractivity contribution in [3.63, 3.8) is 0 Å². The largest absolute Gasteiger partial charge is 0.270 e. The molecule has 0 amide bonds. The minimum atomic E-state index is -0.405. The van der Waals surface area contributed by atoms with E-state index in [9.17, 15) is 10.1 Å². The maximum absolute atomic E-state index is 10.8. The highest BCUT2D eigenvalue weighted by atomic mass is 79.9. The Balaban J connectivity index is 2.53. The van der Waals surface area contributed by atoms with Gasteiger partial charge in [0.2, 0.25) is 0 Å². The molecule has 2 rings (SSSR count). The van der Waals surface area contributed by atoms with Crippen molar-refractivity contribution in [2.45, 2.75) is 26.2 Å². The molecular weight excluding hydrogens is 298 g/mol. The number of unbranched alkanes of at least 4 members (excludes halogenated alkanes) is 1. The Bertz CT molecular complexity index is 601. The standard InChI is InChI=1S/C12H12BrN3O2/c1-2-3-4-11-12(13)9-7-8(16(17)18)5-6-10(9)14-15-11/h5-7H,2-4H2,1H3. The molecule has 94 valence electrons. The van der Waals surface area contributed by atoms with E-state index in [0.29, 0.717) is 5.52 Å². The second kappa shape index (κ2) is 5.39. The van der Waals surface area contributed by atoms with Crippen molar-refractivity contribution in [2.75, 3.05) is 0 Å². The van der Waals surface area contributed by atoms with Crippen molar-refractivity contribution in [1.82, 2.24) is 10.2 Å². The van der Waals surface area contributed by atoms with Gasteiger partial charge < -0.3 is 0 Å². The molecular formula is C12H12BrN3O2. The number of nitro groups is 1. The van der Waals surface area contributed by atoms with Crippen LogP contribution in [0.15, 0.2) is 22.7 Å². The van der Waals surface area contributed by atoms with Crippen molar-refractivity contribution in [2.24, 2.45) is 0 Å². The average Bonchev–Trinajstić information content (AvgIpc) is 2.37. The number of rotatable bonds is 4. The first-order valence-electron chi connectivity index (χ1n) is 5.72. The summed E-state index contributed by atoms with van der Waals surface area (Å²) in [6.45, 7) is 2.10. The van der Waals surface area contributed by atoms with E-state index in [0.717, 1.165) is 34.8 Å². The van der Waals surface area contributed by atoms with Crippen LogP contribution in [0.3, 0.4) is 0 Å². The third kappa shape index (κ3) is 2.48. The van der Waals surface area contributed by atoms with Crippen molar-refractivity contribution in [1.29, 1.82) is 0 Å². The summed E-state index contributed by atoms with van der Waals surface area (Å²) in [6, 6.07) is 4.59. The minimum absolute atomic E-state index is 0.0673. The van der Waals surface area contributed by atoms with Crippen molar-refractivity contribution in [3.05, 3.63) is 38.5 Å². The van der Waals surface area contributed by atoms with Gasteiger partial charge >= 0.3 is 0 Å². The molecule has 5 nitrogen and oxygen atoms in total. The first-order chi connectivity index (χ1) is 8.63. The molecule has 0 aliphatic heterocycles. The highest BCUT2D eigenvalue weighted by molar-refractivity contribution is 9.10. The number of halogens is 1. The summed E-state index contributed by atoms with van der Waals surface area (Å²) in [6.07, 6.45) is 2.91. The van der Waals surface area contributed by atoms with Crippen LogP contribution >= 0.6 is 15.9 Å². The topological polar surface area (TPSA) is 68.9 Å². The van der Waals surface area contributed by atoms with Crippen molar-refractivity contribution < 1.29 is 4.92 Å². The number of nitrogens with zero attached hydrogens (tertiary/aromatic N) is 3. The van der Waals surface area contributed by atoms with Gasteiger partial charge in [-0.25, -0.2) is 0 Å². The summed E-state index contributed by atoms with van der Waals surface area (Å²) in [7, 11) is 0. The van der Waals surface area contributed by atoms with Gasteiger partial charge in [0.05, 0.1) is 20.6 Å². The van der Waals surface area contributed by atoms with Gasteiger partial charge in [-0.2, -0.15) is 10.2 Å². The van der Waals surface area contributed by atoms with Crippen LogP contribution in [0.5, 0.6) is 0 Å². The van der Waals surface area contributed by atoms with Crippen molar-refractivity contribution in [3.8, 4) is 0 Å². The molecule has 0 unspecified atom stereocenters. The molecule has 18 heavy (non-hydrogen) atoms. The number of hydrogen-bond acceptors (Lipinski definition) is 4. The van der Waals surface area contributed by atoms with Crippen LogP contribution in [-0.4, -0.2) is 15.1 Å². The van der Waals surface area contributed by atoms with Gasteiger partial charge in [-0.1, -0.05) is 13.3 Å². The molecule has 0 atom stereocenters. The number of aryl methyl sites for hydroxylation is 1. The normalized spacial score (nSPS) is 10.8. The molecule has 6 heteroatoms. The lowest BCUT2D eigenvalue weighted by Crippen LogP contribution is -1.97. The van der Waals surface area contributed by atoms with Gasteiger partial charge in [0, 0.05) is 17.5 Å². The molecule has 0 N–H and O–H groups in total. The Morgan fingerprint density at radius 3 is 2.83 bits per heavy atom. The highest BCUT2D eigenvalue weighted by Gasteiger charge is 2.12. The number of non-ortho nitro benzene ring substituents is 1. The summed E-state index contributed by atoms with van der Waals surface area (Å²) >= 11 is 3.47. The van der Waals surface area contributed by atoms with E-state index in [1.165, 1.54) is 12.1 Å². The summed E-state index contributed by atoms with van der Waals surface area (Å²) in [4.78, 5) is 10.4. The van der Waals surface area contributed by atoms with Gasteiger partial charge in [-0.15, -0.1) is 0 Å². The van der Waals surface area contributed by atoms with E-state index in [1.807, 2.05) is 0 Å². The fourth-order valence-corrected chi connectivity index (χ4v) is 2.31. The Hall–Kier alpha value is -1.56. The maximum Gasteiger partial charge on any atom is 0.270 e. The molecule has 0 bridgehead atoms. The Morgan fingerprint density at radius 2 is 2.17 bits per heavy atom. The molecule has 0 fully saturated rings. The number of hydrogen-bond donors (Lipinski definition) is 0. The summed E-state index contributed by atoms with van der Waals surface area (Å²) in [5.41, 5.74) is 1.58. The van der Waals surface area contributed by atoms with Crippen LogP contribution in [0.4, 0.5) is 5.69 Å². The molecule has 0 aliphatic carbocycles. The van der Waals surface area contributed by atoms with Crippen LogP contribution in [0.25, 0.3) is 10.9 Å². The zero-order chi connectivity index (χ0) is 13.1. The molecule has 2 aromatic rings. The van der Waals surface area contributed by atoms with Crippen LogP contribution in [0.2, 0.25) is 0 Å². The quantitative estimate of drug-likeness (QED) is 0.638. The number of benzene rings is 1. The smallest absolute Gasteiger partial charge is 0.258 e. The second-order valence-electron chi connectivity index (χ2n) is 4.02. The maximum atomic E-state index is 10.8. The van der Waals surface area contributed by atoms with Gasteiger partial charge in [-0.3, -0.25) is 10.1 Å². The van der Waals surface area contributed by atoms with Gasteiger partial charge in [0.25, 0.3) is 5.69 Å². The Kier molecular flexibility index (Phi) is 3.86. The van der Waals surface area contributed by atoms with Gasteiger partial charge in [-0.05, 0) is 34.8 Å². The predicted molar refractivity (Wildman–Crippen MR) is 72.5 cm³/mol. The third-order valence-corrected chi connectivity index (χ3v) is 3.61. The molecule has 0 radical (unpaired) electrons.